The maximum absolute atomic E-state index is 13.3. The van der Waals surface area contributed by atoms with E-state index in [1.807, 2.05) is 6.92 Å². The van der Waals surface area contributed by atoms with Crippen LogP contribution in [-0.4, -0.2) is 11.7 Å². The lowest BCUT2D eigenvalue weighted by molar-refractivity contribution is 0.455. The number of aromatic hydroxyl groups is 1. The zero-order valence-corrected chi connectivity index (χ0v) is 7.47. The molecule has 1 aliphatic heterocycles. The van der Waals surface area contributed by atoms with E-state index in [2.05, 4.69) is 5.32 Å². The summed E-state index contributed by atoms with van der Waals surface area (Å²) in [6, 6.07) is 2.94. The number of phenols is 1. The third kappa shape index (κ3) is 1.40. The van der Waals surface area contributed by atoms with Crippen LogP contribution in [0.4, 0.5) is 4.39 Å². The molecule has 0 spiro atoms. The molecule has 0 aliphatic carbocycles. The standard InChI is InChI=1S/C10H12FNO/c1-6-9-4-7(13)5-10(11)8(9)2-3-12-6/h4-6,12-13H,2-3H2,1H3. The molecular formula is C10H12FNO. The van der Waals surface area contributed by atoms with Gasteiger partial charge in [-0.15, -0.1) is 0 Å². The molecule has 1 atom stereocenters. The highest BCUT2D eigenvalue weighted by Crippen LogP contribution is 2.28. The Kier molecular flexibility index (Phi) is 1.96. The molecule has 2 nitrogen and oxygen atoms in total. The normalized spacial score (nSPS) is 21.2. The highest BCUT2D eigenvalue weighted by atomic mass is 19.1. The van der Waals surface area contributed by atoms with Gasteiger partial charge < -0.3 is 10.4 Å². The van der Waals surface area contributed by atoms with E-state index in [4.69, 9.17) is 0 Å². The van der Waals surface area contributed by atoms with Gasteiger partial charge in [0.15, 0.2) is 0 Å². The van der Waals surface area contributed by atoms with Crippen molar-refractivity contribution >= 4 is 0 Å². The second kappa shape index (κ2) is 3.00. The molecular weight excluding hydrogens is 169 g/mol. The van der Waals surface area contributed by atoms with Crippen molar-refractivity contribution in [3.63, 3.8) is 0 Å². The molecule has 1 aromatic carbocycles. The maximum atomic E-state index is 13.3. The van der Waals surface area contributed by atoms with Crippen molar-refractivity contribution in [1.29, 1.82) is 0 Å². The average molecular weight is 181 g/mol. The highest BCUT2D eigenvalue weighted by Gasteiger charge is 2.19. The summed E-state index contributed by atoms with van der Waals surface area (Å²) in [5.74, 6) is -0.282. The van der Waals surface area contributed by atoms with Gasteiger partial charge in [-0.1, -0.05) is 0 Å². The predicted octanol–water partition coefficient (Wildman–Crippen LogP) is 1.74. The minimum Gasteiger partial charge on any atom is -0.508 e. The van der Waals surface area contributed by atoms with Crippen LogP contribution >= 0.6 is 0 Å². The van der Waals surface area contributed by atoms with Crippen LogP contribution in [0.1, 0.15) is 24.1 Å². The number of nitrogens with one attached hydrogen (secondary N) is 1. The largest absolute Gasteiger partial charge is 0.508 e. The summed E-state index contributed by atoms with van der Waals surface area (Å²) in [5.41, 5.74) is 1.62. The number of benzene rings is 1. The molecule has 13 heavy (non-hydrogen) atoms. The smallest absolute Gasteiger partial charge is 0.130 e. The van der Waals surface area contributed by atoms with Crippen molar-refractivity contribution in [2.75, 3.05) is 6.54 Å². The van der Waals surface area contributed by atoms with Crippen LogP contribution in [0.5, 0.6) is 5.75 Å². The van der Waals surface area contributed by atoms with Gasteiger partial charge in [0.25, 0.3) is 0 Å². The van der Waals surface area contributed by atoms with Crippen LogP contribution in [0.2, 0.25) is 0 Å². The summed E-state index contributed by atoms with van der Waals surface area (Å²) < 4.78 is 13.3. The lowest BCUT2D eigenvalue weighted by atomic mass is 9.94. The van der Waals surface area contributed by atoms with E-state index < -0.39 is 0 Å². The summed E-state index contributed by atoms with van der Waals surface area (Å²) in [6.07, 6.45) is 0.700. The molecule has 1 unspecified atom stereocenters. The van der Waals surface area contributed by atoms with Crippen molar-refractivity contribution in [2.24, 2.45) is 0 Å². The minimum absolute atomic E-state index is 0.00630. The molecule has 0 bridgehead atoms. The van der Waals surface area contributed by atoms with E-state index in [0.29, 0.717) is 6.42 Å². The average Bonchev–Trinajstić information content (AvgIpc) is 2.07. The number of phenolic OH excluding ortho intramolecular Hbond substituents is 1. The zero-order chi connectivity index (χ0) is 9.42. The number of fused-ring (bicyclic) bond motifs is 1. The van der Waals surface area contributed by atoms with Gasteiger partial charge in [-0.05, 0) is 37.1 Å². The molecule has 1 heterocycles. The summed E-state index contributed by atoms with van der Waals surface area (Å²) in [6.45, 7) is 2.77. The van der Waals surface area contributed by atoms with E-state index in [1.165, 1.54) is 6.07 Å². The van der Waals surface area contributed by atoms with Gasteiger partial charge >= 0.3 is 0 Å². The first-order valence-corrected chi connectivity index (χ1v) is 4.43. The van der Waals surface area contributed by atoms with Crippen LogP contribution in [0.15, 0.2) is 12.1 Å². The Labute approximate surface area is 76.4 Å². The summed E-state index contributed by atoms with van der Waals surface area (Å²) >= 11 is 0. The molecule has 2 N–H and O–H groups in total. The van der Waals surface area contributed by atoms with Gasteiger partial charge in [-0.25, -0.2) is 4.39 Å². The van der Waals surface area contributed by atoms with Gasteiger partial charge in [-0.2, -0.15) is 0 Å². The van der Waals surface area contributed by atoms with Crippen molar-refractivity contribution in [2.45, 2.75) is 19.4 Å². The lowest BCUT2D eigenvalue weighted by Gasteiger charge is -2.24. The lowest BCUT2D eigenvalue weighted by Crippen LogP contribution is -2.28. The molecule has 70 valence electrons. The Hall–Kier alpha value is -1.09. The molecule has 0 radical (unpaired) electrons. The molecule has 0 aromatic heterocycles. The first-order valence-electron chi connectivity index (χ1n) is 4.43. The number of hydrogen-bond donors (Lipinski definition) is 2. The van der Waals surface area contributed by atoms with Gasteiger partial charge in [0.1, 0.15) is 11.6 Å². The molecule has 1 aromatic rings. The van der Waals surface area contributed by atoms with Gasteiger partial charge in [0, 0.05) is 12.1 Å². The molecule has 0 fully saturated rings. The van der Waals surface area contributed by atoms with E-state index in [1.54, 1.807) is 6.07 Å². The van der Waals surface area contributed by atoms with Gasteiger partial charge in [-0.3, -0.25) is 0 Å². The second-order valence-electron chi connectivity index (χ2n) is 3.42. The van der Waals surface area contributed by atoms with Gasteiger partial charge in [0.2, 0.25) is 0 Å². The molecule has 2 rings (SSSR count). The topological polar surface area (TPSA) is 32.3 Å². The number of rotatable bonds is 0. The monoisotopic (exact) mass is 181 g/mol. The maximum Gasteiger partial charge on any atom is 0.130 e. The number of hydrogen-bond acceptors (Lipinski definition) is 2. The van der Waals surface area contributed by atoms with Crippen molar-refractivity contribution in [1.82, 2.24) is 5.32 Å². The summed E-state index contributed by atoms with van der Waals surface area (Å²) in [4.78, 5) is 0. The molecule has 1 aliphatic rings. The SMILES string of the molecule is CC1NCCc2c(F)cc(O)cc21. The summed E-state index contributed by atoms with van der Waals surface area (Å²) in [7, 11) is 0. The Balaban J connectivity index is 2.56. The van der Waals surface area contributed by atoms with E-state index in [0.717, 1.165) is 17.7 Å². The fraction of sp³-hybridized carbons (Fsp3) is 0.400. The van der Waals surface area contributed by atoms with Crippen LogP contribution in [0.25, 0.3) is 0 Å². The van der Waals surface area contributed by atoms with Crippen molar-refractivity contribution < 1.29 is 9.50 Å². The zero-order valence-electron chi connectivity index (χ0n) is 7.47. The Morgan fingerprint density at radius 2 is 2.31 bits per heavy atom. The van der Waals surface area contributed by atoms with Crippen molar-refractivity contribution in [3.05, 3.63) is 29.1 Å². The van der Waals surface area contributed by atoms with Crippen LogP contribution in [0.3, 0.4) is 0 Å². The Morgan fingerprint density at radius 3 is 3.08 bits per heavy atom. The van der Waals surface area contributed by atoms with Crippen molar-refractivity contribution in [3.8, 4) is 5.75 Å². The van der Waals surface area contributed by atoms with Crippen LogP contribution < -0.4 is 5.32 Å². The quantitative estimate of drug-likeness (QED) is 0.639. The fourth-order valence-corrected chi connectivity index (χ4v) is 1.82. The third-order valence-electron chi connectivity index (χ3n) is 2.51. The Bertz CT molecular complexity index is 338. The Morgan fingerprint density at radius 1 is 1.54 bits per heavy atom. The van der Waals surface area contributed by atoms with E-state index in [-0.39, 0.29) is 17.6 Å². The first-order chi connectivity index (χ1) is 6.18. The van der Waals surface area contributed by atoms with Crippen LogP contribution in [-0.2, 0) is 6.42 Å². The first kappa shape index (κ1) is 8.51. The van der Waals surface area contributed by atoms with Gasteiger partial charge in [0.05, 0.1) is 0 Å². The molecule has 0 saturated heterocycles. The number of halogens is 1. The third-order valence-corrected chi connectivity index (χ3v) is 2.51. The van der Waals surface area contributed by atoms with Crippen LogP contribution in [0, 0.1) is 5.82 Å². The summed E-state index contributed by atoms with van der Waals surface area (Å²) in [5, 5.41) is 12.4. The second-order valence-corrected chi connectivity index (χ2v) is 3.42. The molecule has 3 heteroatoms. The van der Waals surface area contributed by atoms with E-state index in [9.17, 15) is 9.50 Å². The fourth-order valence-electron chi connectivity index (χ4n) is 1.82. The predicted molar refractivity (Wildman–Crippen MR) is 48.2 cm³/mol. The molecule has 0 amide bonds. The minimum atomic E-state index is -0.289. The highest BCUT2D eigenvalue weighted by molar-refractivity contribution is 5.39. The molecule has 0 saturated carbocycles. The van der Waals surface area contributed by atoms with E-state index >= 15 is 0 Å².